The highest BCUT2D eigenvalue weighted by atomic mass is 16.2. The number of nitrogens with zero attached hydrogens (tertiary/aromatic N) is 2. The lowest BCUT2D eigenvalue weighted by Gasteiger charge is -2.15. The first-order valence-corrected chi connectivity index (χ1v) is 7.16. The Hall–Kier alpha value is -1.42. The minimum absolute atomic E-state index is 0.112. The van der Waals surface area contributed by atoms with Crippen LogP contribution in [-0.2, 0) is 11.3 Å². The number of aromatic nitrogens is 1. The van der Waals surface area contributed by atoms with E-state index in [4.69, 9.17) is 0 Å². The Balaban J connectivity index is 1.68. The number of amides is 1. The Bertz CT molecular complexity index is 394. The molecule has 2 rings (SSSR count). The Morgan fingerprint density at radius 2 is 2.47 bits per heavy atom. The molecule has 104 valence electrons. The molecule has 0 spiro atoms. The fraction of sp³-hybridized carbons (Fsp3) is 0.600. The highest BCUT2D eigenvalue weighted by Crippen LogP contribution is 2.20. The Labute approximate surface area is 115 Å². The van der Waals surface area contributed by atoms with Gasteiger partial charge in [-0.05, 0) is 36.9 Å². The fourth-order valence-corrected chi connectivity index (χ4v) is 2.66. The predicted octanol–water partition coefficient (Wildman–Crippen LogP) is 1.82. The molecule has 1 aromatic rings. The van der Waals surface area contributed by atoms with Gasteiger partial charge in [-0.3, -0.25) is 14.7 Å². The molecule has 2 heterocycles. The molecule has 0 aromatic carbocycles. The molecule has 4 nitrogen and oxygen atoms in total. The number of carbonyl (C=O) groups is 1. The SMILES string of the molecule is CCC[C@H]1CCN(CC(=O)NCc2cccnc2)C1. The number of pyridine rings is 1. The lowest BCUT2D eigenvalue weighted by molar-refractivity contribution is -0.122. The van der Waals surface area contributed by atoms with Crippen molar-refractivity contribution >= 4 is 5.91 Å². The summed E-state index contributed by atoms with van der Waals surface area (Å²) in [7, 11) is 0. The molecular weight excluding hydrogens is 238 g/mol. The van der Waals surface area contributed by atoms with E-state index in [0.717, 1.165) is 24.6 Å². The standard InChI is InChI=1S/C15H23N3O/c1-2-4-13-6-8-18(11-13)12-15(19)17-10-14-5-3-7-16-9-14/h3,5,7,9,13H,2,4,6,8,10-12H2,1H3,(H,17,19)/t13-/m0/s1. The van der Waals surface area contributed by atoms with Gasteiger partial charge >= 0.3 is 0 Å². The van der Waals surface area contributed by atoms with Crippen molar-refractivity contribution in [3.63, 3.8) is 0 Å². The molecular formula is C15H23N3O. The zero-order valence-corrected chi connectivity index (χ0v) is 11.6. The van der Waals surface area contributed by atoms with Crippen molar-refractivity contribution in [2.75, 3.05) is 19.6 Å². The first-order chi connectivity index (χ1) is 9.28. The van der Waals surface area contributed by atoms with E-state index in [-0.39, 0.29) is 5.91 Å². The average molecular weight is 261 g/mol. The first kappa shape index (κ1) is 14.0. The van der Waals surface area contributed by atoms with Crippen molar-refractivity contribution in [2.45, 2.75) is 32.7 Å². The quantitative estimate of drug-likeness (QED) is 0.849. The van der Waals surface area contributed by atoms with Crippen LogP contribution in [0.25, 0.3) is 0 Å². The number of likely N-dealkylation sites (tertiary alicyclic amines) is 1. The molecule has 0 bridgehead atoms. The van der Waals surface area contributed by atoms with Gasteiger partial charge in [-0.2, -0.15) is 0 Å². The van der Waals surface area contributed by atoms with Gasteiger partial charge in [-0.15, -0.1) is 0 Å². The summed E-state index contributed by atoms with van der Waals surface area (Å²) in [6.45, 7) is 5.46. The maximum atomic E-state index is 11.9. The Morgan fingerprint density at radius 3 is 3.21 bits per heavy atom. The smallest absolute Gasteiger partial charge is 0.234 e. The van der Waals surface area contributed by atoms with Crippen molar-refractivity contribution in [1.82, 2.24) is 15.2 Å². The molecule has 1 atom stereocenters. The summed E-state index contributed by atoms with van der Waals surface area (Å²) < 4.78 is 0. The fourth-order valence-electron chi connectivity index (χ4n) is 2.66. The zero-order valence-electron chi connectivity index (χ0n) is 11.6. The molecule has 1 saturated heterocycles. The Morgan fingerprint density at radius 1 is 1.58 bits per heavy atom. The van der Waals surface area contributed by atoms with Gasteiger partial charge in [0.2, 0.25) is 5.91 Å². The van der Waals surface area contributed by atoms with Crippen LogP contribution >= 0.6 is 0 Å². The summed E-state index contributed by atoms with van der Waals surface area (Å²) in [6, 6.07) is 3.86. The third-order valence-electron chi connectivity index (χ3n) is 3.65. The van der Waals surface area contributed by atoms with Gasteiger partial charge in [0.05, 0.1) is 6.54 Å². The zero-order chi connectivity index (χ0) is 13.5. The highest BCUT2D eigenvalue weighted by molar-refractivity contribution is 5.78. The lowest BCUT2D eigenvalue weighted by atomic mass is 10.0. The molecule has 1 aliphatic rings. The summed E-state index contributed by atoms with van der Waals surface area (Å²) in [5.74, 6) is 0.900. The molecule has 0 aliphatic carbocycles. The lowest BCUT2D eigenvalue weighted by Crippen LogP contribution is -2.35. The second-order valence-electron chi connectivity index (χ2n) is 5.32. The summed E-state index contributed by atoms with van der Waals surface area (Å²) in [5, 5.41) is 2.95. The van der Waals surface area contributed by atoms with Crippen LogP contribution in [0, 0.1) is 5.92 Å². The van der Waals surface area contributed by atoms with Crippen molar-refractivity contribution in [2.24, 2.45) is 5.92 Å². The van der Waals surface area contributed by atoms with E-state index in [1.807, 2.05) is 12.1 Å². The van der Waals surface area contributed by atoms with Crippen LogP contribution in [0.15, 0.2) is 24.5 Å². The molecule has 1 amide bonds. The van der Waals surface area contributed by atoms with Crippen LogP contribution in [0.5, 0.6) is 0 Å². The van der Waals surface area contributed by atoms with Crippen LogP contribution < -0.4 is 5.32 Å². The van der Waals surface area contributed by atoms with Crippen LogP contribution in [0.1, 0.15) is 31.7 Å². The summed E-state index contributed by atoms with van der Waals surface area (Å²) in [6.07, 6.45) is 7.29. The third kappa shape index (κ3) is 4.63. The van der Waals surface area contributed by atoms with E-state index in [1.165, 1.54) is 19.3 Å². The largest absolute Gasteiger partial charge is 0.351 e. The predicted molar refractivity (Wildman–Crippen MR) is 75.5 cm³/mol. The van der Waals surface area contributed by atoms with E-state index in [0.29, 0.717) is 13.1 Å². The number of hydrogen-bond donors (Lipinski definition) is 1. The number of nitrogens with one attached hydrogen (secondary N) is 1. The summed E-state index contributed by atoms with van der Waals surface area (Å²) >= 11 is 0. The normalized spacial score (nSPS) is 19.5. The molecule has 1 aliphatic heterocycles. The molecule has 4 heteroatoms. The third-order valence-corrected chi connectivity index (χ3v) is 3.65. The van der Waals surface area contributed by atoms with Crippen molar-refractivity contribution in [1.29, 1.82) is 0 Å². The van der Waals surface area contributed by atoms with Crippen LogP contribution in [-0.4, -0.2) is 35.4 Å². The molecule has 0 unspecified atom stereocenters. The number of rotatable bonds is 6. The van der Waals surface area contributed by atoms with E-state index >= 15 is 0 Å². The molecule has 1 aromatic heterocycles. The van der Waals surface area contributed by atoms with Crippen molar-refractivity contribution < 1.29 is 4.79 Å². The average Bonchev–Trinajstić information content (AvgIpc) is 2.85. The van der Waals surface area contributed by atoms with Crippen molar-refractivity contribution in [3.05, 3.63) is 30.1 Å². The topological polar surface area (TPSA) is 45.2 Å². The van der Waals surface area contributed by atoms with Gasteiger partial charge in [0.15, 0.2) is 0 Å². The maximum absolute atomic E-state index is 11.9. The van der Waals surface area contributed by atoms with Gasteiger partial charge in [-0.1, -0.05) is 19.4 Å². The second-order valence-corrected chi connectivity index (χ2v) is 5.32. The first-order valence-electron chi connectivity index (χ1n) is 7.16. The molecule has 1 fully saturated rings. The van der Waals surface area contributed by atoms with Gasteiger partial charge in [-0.25, -0.2) is 0 Å². The van der Waals surface area contributed by atoms with Gasteiger partial charge in [0, 0.05) is 25.5 Å². The van der Waals surface area contributed by atoms with Crippen LogP contribution in [0.2, 0.25) is 0 Å². The Kier molecular flexibility index (Phi) is 5.33. The minimum Gasteiger partial charge on any atom is -0.351 e. The van der Waals surface area contributed by atoms with Gasteiger partial charge in [0.25, 0.3) is 0 Å². The number of hydrogen-bond acceptors (Lipinski definition) is 3. The van der Waals surface area contributed by atoms with Crippen LogP contribution in [0.4, 0.5) is 0 Å². The minimum atomic E-state index is 0.112. The molecule has 1 N–H and O–H groups in total. The monoisotopic (exact) mass is 261 g/mol. The van der Waals surface area contributed by atoms with Crippen LogP contribution in [0.3, 0.4) is 0 Å². The van der Waals surface area contributed by atoms with Crippen molar-refractivity contribution in [3.8, 4) is 0 Å². The second kappa shape index (κ2) is 7.24. The number of carbonyl (C=O) groups excluding carboxylic acids is 1. The molecule has 0 radical (unpaired) electrons. The van der Waals surface area contributed by atoms with E-state index in [9.17, 15) is 4.79 Å². The van der Waals surface area contributed by atoms with Gasteiger partial charge < -0.3 is 5.32 Å². The molecule has 0 saturated carbocycles. The van der Waals surface area contributed by atoms with E-state index in [2.05, 4.69) is 22.1 Å². The maximum Gasteiger partial charge on any atom is 0.234 e. The van der Waals surface area contributed by atoms with E-state index < -0.39 is 0 Å². The highest BCUT2D eigenvalue weighted by Gasteiger charge is 2.22. The van der Waals surface area contributed by atoms with Gasteiger partial charge in [0.1, 0.15) is 0 Å². The molecule has 19 heavy (non-hydrogen) atoms. The summed E-state index contributed by atoms with van der Waals surface area (Å²) in [4.78, 5) is 18.2. The van der Waals surface area contributed by atoms with E-state index in [1.54, 1.807) is 12.4 Å². The summed E-state index contributed by atoms with van der Waals surface area (Å²) in [5.41, 5.74) is 1.04.